The molecule has 0 aliphatic heterocycles. The second-order valence-electron chi connectivity index (χ2n) is 6.89. The lowest BCUT2D eigenvalue weighted by Gasteiger charge is -2.19. The molecular weight excluding hydrogens is 354 g/mol. The van der Waals surface area contributed by atoms with Crippen LogP contribution in [-0.2, 0) is 6.54 Å². The zero-order valence-electron chi connectivity index (χ0n) is 16.7. The van der Waals surface area contributed by atoms with Gasteiger partial charge in [0.15, 0.2) is 0 Å². The molecule has 1 amide bonds. The lowest BCUT2D eigenvalue weighted by atomic mass is 10.1. The van der Waals surface area contributed by atoms with Gasteiger partial charge in [0, 0.05) is 17.7 Å². The summed E-state index contributed by atoms with van der Waals surface area (Å²) in [7, 11) is 0. The molecule has 0 aliphatic carbocycles. The smallest absolute Gasteiger partial charge is 0.254 e. The zero-order chi connectivity index (χ0) is 20.1. The molecule has 0 atom stereocenters. The molecule has 1 heterocycles. The standard InChI is InChI=1S/C22H25N3O3/c1-5-25(22(26)18-10-12-19(13-11-18)27-15(2)3)14-20-23-21(24-28-20)17-8-6-16(4)7-9-17/h6-13,15H,5,14H2,1-4H3. The van der Waals surface area contributed by atoms with Crippen molar-refractivity contribution in [3.63, 3.8) is 0 Å². The Morgan fingerprint density at radius 3 is 2.39 bits per heavy atom. The summed E-state index contributed by atoms with van der Waals surface area (Å²) in [5.41, 5.74) is 2.65. The van der Waals surface area contributed by atoms with E-state index in [1.54, 1.807) is 17.0 Å². The summed E-state index contributed by atoms with van der Waals surface area (Å²) < 4.78 is 11.0. The van der Waals surface area contributed by atoms with Gasteiger partial charge in [-0.2, -0.15) is 4.98 Å². The van der Waals surface area contributed by atoms with Gasteiger partial charge in [-0.05, 0) is 52.0 Å². The van der Waals surface area contributed by atoms with E-state index in [1.165, 1.54) is 5.56 Å². The van der Waals surface area contributed by atoms with Crippen LogP contribution in [0.5, 0.6) is 5.75 Å². The van der Waals surface area contributed by atoms with Crippen LogP contribution in [0.15, 0.2) is 53.1 Å². The molecule has 1 aromatic heterocycles. The van der Waals surface area contributed by atoms with Gasteiger partial charge < -0.3 is 14.2 Å². The number of hydrogen-bond donors (Lipinski definition) is 0. The molecule has 28 heavy (non-hydrogen) atoms. The maximum atomic E-state index is 12.8. The van der Waals surface area contributed by atoms with E-state index < -0.39 is 0 Å². The summed E-state index contributed by atoms with van der Waals surface area (Å²) in [4.78, 5) is 18.9. The Labute approximate surface area is 165 Å². The highest BCUT2D eigenvalue weighted by Crippen LogP contribution is 2.19. The fourth-order valence-corrected chi connectivity index (χ4v) is 2.76. The maximum absolute atomic E-state index is 12.8. The number of ether oxygens (including phenoxy) is 1. The first-order valence-corrected chi connectivity index (χ1v) is 9.42. The third-order valence-corrected chi connectivity index (χ3v) is 4.25. The Morgan fingerprint density at radius 2 is 1.79 bits per heavy atom. The molecule has 6 heteroatoms. The molecule has 3 aromatic rings. The van der Waals surface area contributed by atoms with Crippen molar-refractivity contribution in [1.82, 2.24) is 15.0 Å². The van der Waals surface area contributed by atoms with E-state index in [0.717, 1.165) is 11.3 Å². The van der Waals surface area contributed by atoms with Gasteiger partial charge in [0.25, 0.3) is 5.91 Å². The van der Waals surface area contributed by atoms with Crippen LogP contribution in [0.2, 0.25) is 0 Å². The predicted molar refractivity (Wildman–Crippen MR) is 107 cm³/mol. The van der Waals surface area contributed by atoms with Crippen molar-refractivity contribution in [1.29, 1.82) is 0 Å². The quantitative estimate of drug-likeness (QED) is 0.605. The van der Waals surface area contributed by atoms with Crippen LogP contribution in [0.25, 0.3) is 11.4 Å². The van der Waals surface area contributed by atoms with Crippen LogP contribution in [0, 0.1) is 6.92 Å². The molecule has 0 N–H and O–H groups in total. The van der Waals surface area contributed by atoms with E-state index in [1.807, 2.05) is 64.1 Å². The Bertz CT molecular complexity index is 915. The van der Waals surface area contributed by atoms with Crippen molar-refractivity contribution in [3.05, 3.63) is 65.5 Å². The fourth-order valence-electron chi connectivity index (χ4n) is 2.76. The number of amides is 1. The fraction of sp³-hybridized carbons (Fsp3) is 0.318. The van der Waals surface area contributed by atoms with E-state index in [9.17, 15) is 4.79 Å². The number of aromatic nitrogens is 2. The van der Waals surface area contributed by atoms with Gasteiger partial charge in [0.05, 0.1) is 6.10 Å². The van der Waals surface area contributed by atoms with Gasteiger partial charge in [-0.1, -0.05) is 35.0 Å². The van der Waals surface area contributed by atoms with Gasteiger partial charge in [-0.25, -0.2) is 0 Å². The Morgan fingerprint density at radius 1 is 1.11 bits per heavy atom. The van der Waals surface area contributed by atoms with Gasteiger partial charge >= 0.3 is 0 Å². The third-order valence-electron chi connectivity index (χ3n) is 4.25. The van der Waals surface area contributed by atoms with Crippen molar-refractivity contribution in [2.75, 3.05) is 6.54 Å². The van der Waals surface area contributed by atoms with Crippen LogP contribution < -0.4 is 4.74 Å². The average molecular weight is 379 g/mol. The zero-order valence-corrected chi connectivity index (χ0v) is 16.7. The molecule has 0 saturated heterocycles. The Hall–Kier alpha value is -3.15. The Kier molecular flexibility index (Phi) is 6.09. The number of aryl methyl sites for hydroxylation is 1. The second kappa shape index (κ2) is 8.69. The number of benzene rings is 2. The first-order valence-electron chi connectivity index (χ1n) is 9.42. The first-order chi connectivity index (χ1) is 13.5. The number of nitrogens with zero attached hydrogens (tertiary/aromatic N) is 3. The van der Waals surface area contributed by atoms with Gasteiger partial charge in [-0.15, -0.1) is 0 Å². The lowest BCUT2D eigenvalue weighted by Crippen LogP contribution is -2.30. The molecule has 146 valence electrons. The van der Waals surface area contributed by atoms with Crippen LogP contribution in [0.3, 0.4) is 0 Å². The minimum atomic E-state index is -0.0892. The molecule has 0 saturated carbocycles. The van der Waals surface area contributed by atoms with E-state index >= 15 is 0 Å². The monoisotopic (exact) mass is 379 g/mol. The summed E-state index contributed by atoms with van der Waals surface area (Å²) in [5.74, 6) is 1.59. The lowest BCUT2D eigenvalue weighted by molar-refractivity contribution is 0.0734. The largest absolute Gasteiger partial charge is 0.491 e. The van der Waals surface area contributed by atoms with Crippen LogP contribution in [0.1, 0.15) is 42.6 Å². The van der Waals surface area contributed by atoms with Crippen LogP contribution in [0.4, 0.5) is 0 Å². The SMILES string of the molecule is CCN(Cc1nc(-c2ccc(C)cc2)no1)C(=O)c1ccc(OC(C)C)cc1. The van der Waals surface area contributed by atoms with E-state index in [2.05, 4.69) is 10.1 Å². The third kappa shape index (κ3) is 4.76. The molecule has 0 fully saturated rings. The van der Waals surface area contributed by atoms with E-state index in [0.29, 0.717) is 23.8 Å². The summed E-state index contributed by atoms with van der Waals surface area (Å²) in [6.45, 7) is 8.67. The normalized spacial score (nSPS) is 10.9. The van der Waals surface area contributed by atoms with E-state index in [4.69, 9.17) is 9.26 Å². The topological polar surface area (TPSA) is 68.5 Å². The van der Waals surface area contributed by atoms with Gasteiger partial charge in [-0.3, -0.25) is 4.79 Å². The predicted octanol–water partition coefficient (Wildman–Crippen LogP) is 4.49. The van der Waals surface area contributed by atoms with Crippen LogP contribution >= 0.6 is 0 Å². The average Bonchev–Trinajstić information content (AvgIpc) is 3.15. The highest BCUT2D eigenvalue weighted by molar-refractivity contribution is 5.94. The highest BCUT2D eigenvalue weighted by atomic mass is 16.5. The molecule has 0 bridgehead atoms. The number of carbonyl (C=O) groups excluding carboxylic acids is 1. The molecule has 0 aliphatic rings. The summed E-state index contributed by atoms with van der Waals surface area (Å²) in [5, 5.41) is 4.03. The van der Waals surface area contributed by atoms with Crippen molar-refractivity contribution >= 4 is 5.91 Å². The van der Waals surface area contributed by atoms with Crippen molar-refractivity contribution < 1.29 is 14.1 Å². The number of hydrogen-bond acceptors (Lipinski definition) is 5. The molecule has 3 rings (SSSR count). The number of carbonyl (C=O) groups is 1. The first kappa shape index (κ1) is 19.6. The molecule has 0 spiro atoms. The molecule has 0 radical (unpaired) electrons. The van der Waals surface area contributed by atoms with E-state index in [-0.39, 0.29) is 18.6 Å². The molecule has 0 unspecified atom stereocenters. The maximum Gasteiger partial charge on any atom is 0.254 e. The van der Waals surface area contributed by atoms with Gasteiger partial charge in [0.1, 0.15) is 12.3 Å². The van der Waals surface area contributed by atoms with Crippen LogP contribution in [-0.4, -0.2) is 33.6 Å². The summed E-state index contributed by atoms with van der Waals surface area (Å²) in [6, 6.07) is 15.1. The second-order valence-corrected chi connectivity index (χ2v) is 6.89. The summed E-state index contributed by atoms with van der Waals surface area (Å²) in [6.07, 6.45) is 0.0916. The number of rotatable bonds is 7. The summed E-state index contributed by atoms with van der Waals surface area (Å²) >= 11 is 0. The van der Waals surface area contributed by atoms with Crippen molar-refractivity contribution in [2.45, 2.75) is 40.3 Å². The van der Waals surface area contributed by atoms with Gasteiger partial charge in [0.2, 0.25) is 11.7 Å². The minimum Gasteiger partial charge on any atom is -0.491 e. The highest BCUT2D eigenvalue weighted by Gasteiger charge is 2.18. The molecule has 2 aromatic carbocycles. The minimum absolute atomic E-state index is 0.0892. The molecule has 6 nitrogen and oxygen atoms in total. The molecular formula is C22H25N3O3. The van der Waals surface area contributed by atoms with Crippen molar-refractivity contribution in [3.8, 4) is 17.1 Å². The Balaban J connectivity index is 1.70. The van der Waals surface area contributed by atoms with Crippen molar-refractivity contribution in [2.24, 2.45) is 0 Å².